The molecule has 132 valence electrons. The van der Waals surface area contributed by atoms with Crippen LogP contribution in [0.25, 0.3) is 33.0 Å². The highest BCUT2D eigenvalue weighted by atomic mass is 16.4. The minimum Gasteiger partial charge on any atom is -0.481 e. The monoisotopic (exact) mass is 352 g/mol. The van der Waals surface area contributed by atoms with Crippen molar-refractivity contribution in [1.82, 2.24) is 0 Å². The molecule has 0 radical (unpaired) electrons. The van der Waals surface area contributed by atoms with Gasteiger partial charge in [0.1, 0.15) is 0 Å². The molecule has 0 atom stereocenters. The fourth-order valence-electron chi connectivity index (χ4n) is 3.59. The molecule has 0 bridgehead atoms. The molecule has 2 nitrogen and oxygen atoms in total. The van der Waals surface area contributed by atoms with E-state index in [1.54, 1.807) is 0 Å². The lowest BCUT2D eigenvalue weighted by molar-refractivity contribution is -0.136. The first kappa shape index (κ1) is 17.0. The molecule has 0 fully saturated rings. The number of fused-ring (bicyclic) bond motifs is 1. The van der Waals surface area contributed by atoms with Gasteiger partial charge >= 0.3 is 5.97 Å². The van der Waals surface area contributed by atoms with E-state index < -0.39 is 5.97 Å². The van der Waals surface area contributed by atoms with Gasteiger partial charge in [-0.3, -0.25) is 4.79 Å². The van der Waals surface area contributed by atoms with Crippen molar-refractivity contribution >= 4 is 16.7 Å². The lowest BCUT2D eigenvalue weighted by Gasteiger charge is -2.12. The molecular formula is C25H20O2. The highest BCUT2D eigenvalue weighted by Crippen LogP contribution is 2.32. The molecule has 0 spiro atoms. The van der Waals surface area contributed by atoms with Gasteiger partial charge in [0.25, 0.3) is 0 Å². The summed E-state index contributed by atoms with van der Waals surface area (Å²) in [6, 6.07) is 31.3. The highest BCUT2D eigenvalue weighted by Gasteiger charge is 2.09. The lowest BCUT2D eigenvalue weighted by Crippen LogP contribution is -1.99. The minimum atomic E-state index is -0.769. The van der Waals surface area contributed by atoms with Crippen LogP contribution in [0.15, 0.2) is 91.0 Å². The highest BCUT2D eigenvalue weighted by molar-refractivity contribution is 5.97. The average molecular weight is 352 g/mol. The molecule has 0 aromatic heterocycles. The van der Waals surface area contributed by atoms with Gasteiger partial charge in [-0.05, 0) is 51.1 Å². The SMILES string of the molecule is O=C(O)CCc1ccccc1-c1cccc(-c2cccc3ccccc23)c1. The summed E-state index contributed by atoms with van der Waals surface area (Å²) >= 11 is 0. The van der Waals surface area contributed by atoms with Crippen molar-refractivity contribution in [3.05, 3.63) is 96.6 Å². The number of rotatable bonds is 5. The Morgan fingerprint density at radius 3 is 2.19 bits per heavy atom. The van der Waals surface area contributed by atoms with Crippen molar-refractivity contribution in [3.63, 3.8) is 0 Å². The zero-order valence-corrected chi connectivity index (χ0v) is 14.9. The van der Waals surface area contributed by atoms with Gasteiger partial charge in [-0.1, -0.05) is 84.9 Å². The Labute approximate surface area is 158 Å². The van der Waals surface area contributed by atoms with E-state index in [-0.39, 0.29) is 6.42 Å². The quantitative estimate of drug-likeness (QED) is 0.465. The fourth-order valence-corrected chi connectivity index (χ4v) is 3.59. The van der Waals surface area contributed by atoms with E-state index >= 15 is 0 Å². The van der Waals surface area contributed by atoms with Crippen LogP contribution in [0, 0.1) is 0 Å². The number of carboxylic acid groups (broad SMARTS) is 1. The third-order valence-electron chi connectivity index (χ3n) is 4.90. The molecule has 4 rings (SSSR count). The molecule has 0 aliphatic carbocycles. The molecule has 1 N–H and O–H groups in total. The number of carbonyl (C=O) groups is 1. The second kappa shape index (κ2) is 7.46. The Morgan fingerprint density at radius 2 is 1.33 bits per heavy atom. The molecule has 0 amide bonds. The summed E-state index contributed by atoms with van der Waals surface area (Å²) in [5.41, 5.74) is 5.65. The summed E-state index contributed by atoms with van der Waals surface area (Å²) in [5, 5.41) is 11.5. The van der Waals surface area contributed by atoms with Crippen LogP contribution >= 0.6 is 0 Å². The second-order valence-corrected chi connectivity index (χ2v) is 6.66. The number of hydrogen-bond acceptors (Lipinski definition) is 1. The van der Waals surface area contributed by atoms with Crippen molar-refractivity contribution in [2.24, 2.45) is 0 Å². The van der Waals surface area contributed by atoms with E-state index in [0.717, 1.165) is 22.3 Å². The van der Waals surface area contributed by atoms with Crippen LogP contribution in [0.3, 0.4) is 0 Å². The Hall–Kier alpha value is -3.39. The molecule has 0 saturated carbocycles. The average Bonchev–Trinajstić information content (AvgIpc) is 2.72. The number of benzene rings is 4. The van der Waals surface area contributed by atoms with Gasteiger partial charge in [-0.15, -0.1) is 0 Å². The van der Waals surface area contributed by atoms with E-state index in [4.69, 9.17) is 5.11 Å². The van der Waals surface area contributed by atoms with Gasteiger partial charge in [0.05, 0.1) is 0 Å². The van der Waals surface area contributed by atoms with Gasteiger partial charge in [0.2, 0.25) is 0 Å². The zero-order chi connectivity index (χ0) is 18.6. The predicted molar refractivity (Wildman–Crippen MR) is 111 cm³/mol. The van der Waals surface area contributed by atoms with E-state index in [0.29, 0.717) is 6.42 Å². The zero-order valence-electron chi connectivity index (χ0n) is 14.9. The van der Waals surface area contributed by atoms with E-state index in [1.165, 1.54) is 16.3 Å². The van der Waals surface area contributed by atoms with Crippen molar-refractivity contribution in [2.75, 3.05) is 0 Å². The Bertz CT molecular complexity index is 1110. The topological polar surface area (TPSA) is 37.3 Å². The van der Waals surface area contributed by atoms with Crippen LogP contribution < -0.4 is 0 Å². The summed E-state index contributed by atoms with van der Waals surface area (Å²) in [6.07, 6.45) is 0.671. The lowest BCUT2D eigenvalue weighted by atomic mass is 9.92. The maximum atomic E-state index is 11.0. The third-order valence-corrected chi connectivity index (χ3v) is 4.90. The van der Waals surface area contributed by atoms with Gasteiger partial charge in [0, 0.05) is 6.42 Å². The maximum Gasteiger partial charge on any atom is 0.303 e. The molecule has 27 heavy (non-hydrogen) atoms. The first-order valence-electron chi connectivity index (χ1n) is 9.10. The molecule has 4 aromatic carbocycles. The summed E-state index contributed by atoms with van der Waals surface area (Å²) in [7, 11) is 0. The fraction of sp³-hybridized carbons (Fsp3) is 0.0800. The van der Waals surface area contributed by atoms with E-state index in [2.05, 4.69) is 72.8 Å². The predicted octanol–water partition coefficient (Wildman–Crippen LogP) is 6.19. The number of aliphatic carboxylic acids is 1. The minimum absolute atomic E-state index is 0.139. The van der Waals surface area contributed by atoms with Crippen molar-refractivity contribution in [2.45, 2.75) is 12.8 Å². The molecule has 4 aromatic rings. The summed E-state index contributed by atoms with van der Waals surface area (Å²) < 4.78 is 0. The number of hydrogen-bond donors (Lipinski definition) is 1. The third kappa shape index (κ3) is 3.61. The van der Waals surface area contributed by atoms with Crippen LogP contribution in [-0.4, -0.2) is 11.1 Å². The molecule has 2 heteroatoms. The summed E-state index contributed by atoms with van der Waals surface area (Å²) in [5.74, 6) is -0.769. The summed E-state index contributed by atoms with van der Waals surface area (Å²) in [6.45, 7) is 0. The molecule has 0 aliphatic rings. The maximum absolute atomic E-state index is 11.0. The first-order valence-corrected chi connectivity index (χ1v) is 9.10. The van der Waals surface area contributed by atoms with Crippen LogP contribution in [0.4, 0.5) is 0 Å². The van der Waals surface area contributed by atoms with Gasteiger partial charge in [-0.25, -0.2) is 0 Å². The molecule has 0 unspecified atom stereocenters. The number of carboxylic acids is 1. The molecule has 0 aliphatic heterocycles. The normalized spacial score (nSPS) is 10.8. The van der Waals surface area contributed by atoms with Crippen molar-refractivity contribution in [1.29, 1.82) is 0 Å². The molecule has 0 heterocycles. The van der Waals surface area contributed by atoms with Crippen LogP contribution in [0.5, 0.6) is 0 Å². The largest absolute Gasteiger partial charge is 0.481 e. The molecular weight excluding hydrogens is 332 g/mol. The standard InChI is InChI=1S/C25H20O2/c26-25(27)16-15-19-8-1-3-12-22(19)20-10-5-11-21(17-20)24-14-6-9-18-7-2-4-13-23(18)24/h1-14,17H,15-16H2,(H,26,27). The Kier molecular flexibility index (Phi) is 4.71. The Balaban J connectivity index is 1.79. The number of aryl methyl sites for hydroxylation is 1. The van der Waals surface area contributed by atoms with Crippen molar-refractivity contribution in [3.8, 4) is 22.3 Å². The van der Waals surface area contributed by atoms with Crippen LogP contribution in [0.1, 0.15) is 12.0 Å². The van der Waals surface area contributed by atoms with Crippen LogP contribution in [0.2, 0.25) is 0 Å². The Morgan fingerprint density at radius 1 is 0.704 bits per heavy atom. The van der Waals surface area contributed by atoms with Gasteiger partial charge < -0.3 is 5.11 Å². The first-order chi connectivity index (χ1) is 13.2. The van der Waals surface area contributed by atoms with Crippen molar-refractivity contribution < 1.29 is 9.90 Å². The molecule has 0 saturated heterocycles. The smallest absolute Gasteiger partial charge is 0.303 e. The van der Waals surface area contributed by atoms with Crippen LogP contribution in [-0.2, 0) is 11.2 Å². The van der Waals surface area contributed by atoms with E-state index in [9.17, 15) is 4.79 Å². The van der Waals surface area contributed by atoms with E-state index in [1.807, 2.05) is 18.2 Å². The summed E-state index contributed by atoms with van der Waals surface area (Å²) in [4.78, 5) is 11.0. The second-order valence-electron chi connectivity index (χ2n) is 6.66. The van der Waals surface area contributed by atoms with Gasteiger partial charge in [-0.2, -0.15) is 0 Å². The van der Waals surface area contributed by atoms with Gasteiger partial charge in [0.15, 0.2) is 0 Å².